The van der Waals surface area contributed by atoms with Crippen molar-refractivity contribution in [3.63, 3.8) is 0 Å². The minimum Gasteiger partial charge on any atom is -0.376 e. The number of nitrogens with one attached hydrogen (secondary N) is 1. The molecule has 1 aliphatic heterocycles. The van der Waals surface area contributed by atoms with Gasteiger partial charge in [-0.2, -0.15) is 5.10 Å². The van der Waals surface area contributed by atoms with Crippen LogP contribution in [-0.4, -0.2) is 49.1 Å². The lowest BCUT2D eigenvalue weighted by molar-refractivity contribution is -0.119. The molecule has 0 saturated carbocycles. The standard InChI is InChI=1S/C18H22ClN3O4S/c1-13-16(18(19)22(21-13)14-6-3-2-4-7-14)11-27(24,25)12-17(23)20-10-15-8-5-9-26-15/h2-4,6-7,15H,5,8-12H2,1H3,(H,20,23). The highest BCUT2D eigenvalue weighted by molar-refractivity contribution is 7.91. The Morgan fingerprint density at radius 1 is 1.37 bits per heavy atom. The van der Waals surface area contributed by atoms with Gasteiger partial charge in [0.2, 0.25) is 5.91 Å². The number of halogens is 1. The van der Waals surface area contributed by atoms with Gasteiger partial charge in [0.25, 0.3) is 0 Å². The fourth-order valence-electron chi connectivity index (χ4n) is 2.99. The molecule has 0 radical (unpaired) electrons. The molecule has 0 spiro atoms. The molecular formula is C18H22ClN3O4S. The summed E-state index contributed by atoms with van der Waals surface area (Å²) < 4.78 is 31.8. The van der Waals surface area contributed by atoms with Gasteiger partial charge in [-0.15, -0.1) is 0 Å². The Labute approximate surface area is 163 Å². The number of para-hydroxylation sites is 1. The van der Waals surface area contributed by atoms with Crippen molar-refractivity contribution in [1.29, 1.82) is 0 Å². The van der Waals surface area contributed by atoms with Crippen molar-refractivity contribution in [2.45, 2.75) is 31.6 Å². The summed E-state index contributed by atoms with van der Waals surface area (Å²) in [6.45, 7) is 2.72. The molecule has 146 valence electrons. The monoisotopic (exact) mass is 411 g/mol. The fourth-order valence-corrected chi connectivity index (χ4v) is 4.80. The van der Waals surface area contributed by atoms with E-state index in [9.17, 15) is 13.2 Å². The van der Waals surface area contributed by atoms with Crippen LogP contribution < -0.4 is 5.32 Å². The number of aryl methyl sites for hydroxylation is 1. The van der Waals surface area contributed by atoms with Gasteiger partial charge in [0.15, 0.2) is 9.84 Å². The lowest BCUT2D eigenvalue weighted by Gasteiger charge is -2.11. The van der Waals surface area contributed by atoms with Crippen LogP contribution in [-0.2, 0) is 25.1 Å². The van der Waals surface area contributed by atoms with Gasteiger partial charge < -0.3 is 10.1 Å². The first-order valence-electron chi connectivity index (χ1n) is 8.74. The summed E-state index contributed by atoms with van der Waals surface area (Å²) in [5, 5.41) is 7.20. The average Bonchev–Trinajstić information content (AvgIpc) is 3.24. The van der Waals surface area contributed by atoms with E-state index in [2.05, 4.69) is 10.4 Å². The molecule has 9 heteroatoms. The lowest BCUT2D eigenvalue weighted by Crippen LogP contribution is -2.36. The zero-order chi connectivity index (χ0) is 19.4. The number of amides is 1. The third kappa shape index (κ3) is 5.09. The van der Waals surface area contributed by atoms with E-state index in [1.807, 2.05) is 30.3 Å². The van der Waals surface area contributed by atoms with Crippen molar-refractivity contribution in [2.75, 3.05) is 18.9 Å². The largest absolute Gasteiger partial charge is 0.376 e. The van der Waals surface area contributed by atoms with E-state index in [1.54, 1.807) is 6.92 Å². The van der Waals surface area contributed by atoms with Crippen molar-refractivity contribution in [1.82, 2.24) is 15.1 Å². The molecule has 3 rings (SSSR count). The van der Waals surface area contributed by atoms with Crippen LogP contribution in [0.2, 0.25) is 5.15 Å². The number of rotatable bonds is 7. The summed E-state index contributed by atoms with van der Waals surface area (Å²) >= 11 is 6.37. The van der Waals surface area contributed by atoms with E-state index in [4.69, 9.17) is 16.3 Å². The van der Waals surface area contributed by atoms with Crippen molar-refractivity contribution in [3.8, 4) is 5.69 Å². The highest BCUT2D eigenvalue weighted by Crippen LogP contribution is 2.25. The quantitative estimate of drug-likeness (QED) is 0.752. The third-order valence-electron chi connectivity index (χ3n) is 4.39. The molecule has 1 aromatic carbocycles. The Hall–Kier alpha value is -1.90. The molecule has 1 amide bonds. The number of ether oxygens (including phenoxy) is 1. The molecule has 1 aromatic heterocycles. The van der Waals surface area contributed by atoms with E-state index in [0.717, 1.165) is 18.5 Å². The average molecular weight is 412 g/mol. The SMILES string of the molecule is Cc1nn(-c2ccccc2)c(Cl)c1CS(=O)(=O)CC(=O)NCC1CCCO1. The molecule has 0 bridgehead atoms. The minimum atomic E-state index is -3.68. The van der Waals surface area contributed by atoms with Crippen LogP contribution in [0.15, 0.2) is 30.3 Å². The fraction of sp³-hybridized carbons (Fsp3) is 0.444. The number of carbonyl (C=O) groups is 1. The van der Waals surface area contributed by atoms with Gasteiger partial charge in [-0.3, -0.25) is 4.79 Å². The van der Waals surface area contributed by atoms with Crippen LogP contribution in [0, 0.1) is 6.92 Å². The summed E-state index contributed by atoms with van der Waals surface area (Å²) in [7, 11) is -3.68. The van der Waals surface area contributed by atoms with Crippen LogP contribution in [0.5, 0.6) is 0 Å². The topological polar surface area (TPSA) is 90.3 Å². The first-order valence-corrected chi connectivity index (χ1v) is 10.9. The lowest BCUT2D eigenvalue weighted by atomic mass is 10.2. The molecule has 1 aliphatic rings. The van der Waals surface area contributed by atoms with Crippen LogP contribution in [0.25, 0.3) is 5.69 Å². The summed E-state index contributed by atoms with van der Waals surface area (Å²) in [6.07, 6.45) is 1.81. The van der Waals surface area contributed by atoms with Crippen molar-refractivity contribution >= 4 is 27.3 Å². The highest BCUT2D eigenvalue weighted by Gasteiger charge is 2.24. The molecule has 2 aromatic rings. The maximum atomic E-state index is 12.5. The number of nitrogens with zero attached hydrogens (tertiary/aromatic N) is 2. The second-order valence-corrected chi connectivity index (χ2v) is 9.00. The molecule has 1 fully saturated rings. The zero-order valence-electron chi connectivity index (χ0n) is 15.0. The maximum absolute atomic E-state index is 12.5. The van der Waals surface area contributed by atoms with Gasteiger partial charge in [-0.1, -0.05) is 29.8 Å². The van der Waals surface area contributed by atoms with Crippen molar-refractivity contribution in [3.05, 3.63) is 46.7 Å². The first-order chi connectivity index (χ1) is 12.9. The van der Waals surface area contributed by atoms with E-state index in [0.29, 0.717) is 24.4 Å². The normalized spacial score (nSPS) is 17.2. The Kier molecular flexibility index (Phi) is 6.18. The number of aromatic nitrogens is 2. The number of carbonyl (C=O) groups excluding carboxylic acids is 1. The molecule has 27 heavy (non-hydrogen) atoms. The Morgan fingerprint density at radius 2 is 2.11 bits per heavy atom. The number of hydrogen-bond acceptors (Lipinski definition) is 5. The molecule has 1 saturated heterocycles. The van der Waals surface area contributed by atoms with E-state index >= 15 is 0 Å². The molecule has 1 N–H and O–H groups in total. The molecule has 0 aliphatic carbocycles. The predicted octanol–water partition coefficient (Wildman–Crippen LogP) is 2.04. The van der Waals surface area contributed by atoms with Gasteiger partial charge >= 0.3 is 0 Å². The number of benzene rings is 1. The third-order valence-corrected chi connectivity index (χ3v) is 6.21. The second kappa shape index (κ2) is 8.41. The Morgan fingerprint density at radius 3 is 2.78 bits per heavy atom. The van der Waals surface area contributed by atoms with E-state index in [1.165, 1.54) is 4.68 Å². The number of hydrogen-bond donors (Lipinski definition) is 1. The Balaban J connectivity index is 1.66. The predicted molar refractivity (Wildman–Crippen MR) is 103 cm³/mol. The Bertz CT molecular complexity index is 906. The van der Waals surface area contributed by atoms with Gasteiger partial charge in [0.1, 0.15) is 10.9 Å². The molecule has 2 heterocycles. The first kappa shape index (κ1) is 19.9. The number of sulfone groups is 1. The van der Waals surface area contributed by atoms with Crippen LogP contribution in [0.3, 0.4) is 0 Å². The molecular weight excluding hydrogens is 390 g/mol. The van der Waals surface area contributed by atoms with Crippen molar-refractivity contribution in [2.24, 2.45) is 0 Å². The van der Waals surface area contributed by atoms with Crippen molar-refractivity contribution < 1.29 is 17.9 Å². The smallest absolute Gasteiger partial charge is 0.235 e. The van der Waals surface area contributed by atoms with Gasteiger partial charge in [-0.25, -0.2) is 13.1 Å². The second-order valence-electron chi connectivity index (χ2n) is 6.57. The maximum Gasteiger partial charge on any atom is 0.235 e. The van der Waals surface area contributed by atoms with Gasteiger partial charge in [-0.05, 0) is 31.9 Å². The van der Waals surface area contributed by atoms with Crippen LogP contribution in [0.4, 0.5) is 0 Å². The molecule has 1 unspecified atom stereocenters. The zero-order valence-corrected chi connectivity index (χ0v) is 16.6. The van der Waals surface area contributed by atoms with Crippen LogP contribution >= 0.6 is 11.6 Å². The molecule has 7 nitrogen and oxygen atoms in total. The van der Waals surface area contributed by atoms with Gasteiger partial charge in [0, 0.05) is 18.7 Å². The summed E-state index contributed by atoms with van der Waals surface area (Å²) in [4.78, 5) is 12.0. The summed E-state index contributed by atoms with van der Waals surface area (Å²) in [5.41, 5.74) is 1.67. The van der Waals surface area contributed by atoms with Gasteiger partial charge in [0.05, 0.1) is 23.2 Å². The minimum absolute atomic E-state index is 0.0301. The van der Waals surface area contributed by atoms with E-state index < -0.39 is 21.5 Å². The van der Waals surface area contributed by atoms with E-state index in [-0.39, 0.29) is 17.0 Å². The van der Waals surface area contributed by atoms with Crippen LogP contribution in [0.1, 0.15) is 24.1 Å². The highest BCUT2D eigenvalue weighted by atomic mass is 35.5. The summed E-state index contributed by atoms with van der Waals surface area (Å²) in [6, 6.07) is 9.22. The molecule has 1 atom stereocenters. The summed E-state index contributed by atoms with van der Waals surface area (Å²) in [5.74, 6) is -1.46.